The number of aliphatic imine (C=N–C) groups is 2. The Morgan fingerprint density at radius 2 is 1.85 bits per heavy atom. The molecule has 5 aliphatic heterocycles. The van der Waals surface area contributed by atoms with Crippen LogP contribution in [0.2, 0.25) is 5.02 Å². The molecule has 5 N–H and O–H groups in total. The molecule has 6 rings (SSSR count). The van der Waals surface area contributed by atoms with Gasteiger partial charge in [0.25, 0.3) is 0 Å². The first-order chi connectivity index (χ1) is 22.8. The molecule has 47 heavy (non-hydrogen) atoms. The van der Waals surface area contributed by atoms with Gasteiger partial charge >= 0.3 is 0 Å². The summed E-state index contributed by atoms with van der Waals surface area (Å²) in [5, 5.41) is 23.9. The van der Waals surface area contributed by atoms with Crippen molar-refractivity contribution in [3.05, 3.63) is 82.1 Å². The molecule has 4 atom stereocenters. The molecule has 0 radical (unpaired) electrons. The van der Waals surface area contributed by atoms with E-state index >= 15 is 0 Å². The molecule has 0 aromatic heterocycles. The summed E-state index contributed by atoms with van der Waals surface area (Å²) in [5.74, 6) is 0.600. The zero-order chi connectivity index (χ0) is 32.8. The molecule has 248 valence electrons. The molecule has 1 aromatic carbocycles. The van der Waals surface area contributed by atoms with E-state index in [1.54, 1.807) is 11.1 Å². The summed E-state index contributed by atoms with van der Waals surface area (Å²) in [6, 6.07) is 5.88. The Hall–Kier alpha value is -4.06. The number of benzene rings is 1. The minimum atomic E-state index is -0.270. The van der Waals surface area contributed by atoms with E-state index in [1.807, 2.05) is 48.6 Å². The molecule has 0 saturated carbocycles. The van der Waals surface area contributed by atoms with Gasteiger partial charge in [-0.25, -0.2) is 4.99 Å². The number of hydrogen-bond acceptors (Lipinski definition) is 7. The largest absolute Gasteiger partial charge is 0.493 e. The van der Waals surface area contributed by atoms with Crippen molar-refractivity contribution in [1.82, 2.24) is 26.2 Å². The minimum absolute atomic E-state index is 0.0109. The fourth-order valence-corrected chi connectivity index (χ4v) is 6.87. The van der Waals surface area contributed by atoms with E-state index in [-0.39, 0.29) is 47.7 Å². The maximum Gasteiger partial charge on any atom is 0.238 e. The fourth-order valence-electron chi connectivity index (χ4n) is 6.54. The van der Waals surface area contributed by atoms with Crippen LogP contribution in [0.5, 0.6) is 0 Å². The van der Waals surface area contributed by atoms with Crippen LogP contribution in [0.1, 0.15) is 55.7 Å². The second kappa shape index (κ2) is 15.2. The van der Waals surface area contributed by atoms with Gasteiger partial charge in [0.15, 0.2) is 0 Å². The van der Waals surface area contributed by atoms with Crippen molar-refractivity contribution in [2.24, 2.45) is 15.9 Å². The molecule has 5 aliphatic rings. The van der Waals surface area contributed by atoms with Crippen molar-refractivity contribution in [2.75, 3.05) is 32.7 Å². The van der Waals surface area contributed by atoms with Crippen molar-refractivity contribution in [1.29, 1.82) is 0 Å². The summed E-state index contributed by atoms with van der Waals surface area (Å²) in [7, 11) is 0. The Labute approximate surface area is 280 Å². The number of aliphatic hydroxyl groups excluding tert-OH is 1. The molecule has 12 heteroatoms. The summed E-state index contributed by atoms with van der Waals surface area (Å²) in [5.41, 5.74) is 3.51. The van der Waals surface area contributed by atoms with Crippen LogP contribution in [0.3, 0.4) is 0 Å². The Balaban J connectivity index is 0.993. The number of allylic oxidation sites excluding steroid dienone is 4. The topological polar surface area (TPSA) is 148 Å². The molecule has 2 fully saturated rings. The zero-order valence-electron chi connectivity index (χ0n) is 26.4. The highest BCUT2D eigenvalue weighted by molar-refractivity contribution is 6.32. The van der Waals surface area contributed by atoms with E-state index in [0.717, 1.165) is 41.5 Å². The second-order valence-corrected chi connectivity index (χ2v) is 13.1. The SMILES string of the molecule is O=C1CCCC(CNCC2CN=C3C=C(/C=C/Cc4cccc(C5CC=C(CNC[C@@H]6CCC(=O)N6)C(O)=N5)c4Cl)C=CN3C2=O)N1. The molecule has 1 aromatic rings. The number of aliphatic hydroxyl groups is 1. The van der Waals surface area contributed by atoms with E-state index in [1.165, 1.54) is 0 Å². The molecule has 0 spiro atoms. The lowest BCUT2D eigenvalue weighted by atomic mass is 9.97. The molecule has 3 amide bonds. The lowest BCUT2D eigenvalue weighted by Gasteiger charge is -2.31. The van der Waals surface area contributed by atoms with Crippen LogP contribution in [0.25, 0.3) is 0 Å². The number of halogens is 1. The predicted molar refractivity (Wildman–Crippen MR) is 182 cm³/mol. The fraction of sp³-hybridized carbons (Fsp3) is 0.457. The third-order valence-electron chi connectivity index (χ3n) is 9.18. The van der Waals surface area contributed by atoms with Gasteiger partial charge in [0.2, 0.25) is 23.6 Å². The molecule has 0 aliphatic carbocycles. The number of dihydropyridines is 1. The quantitative estimate of drug-likeness (QED) is 0.233. The molecular formula is C35H42ClN7O4. The van der Waals surface area contributed by atoms with Crippen LogP contribution in [-0.2, 0) is 20.8 Å². The summed E-state index contributed by atoms with van der Waals surface area (Å²) < 4.78 is 0. The van der Waals surface area contributed by atoms with E-state index in [2.05, 4.69) is 31.3 Å². The van der Waals surface area contributed by atoms with Gasteiger partial charge in [-0.05, 0) is 61.0 Å². The van der Waals surface area contributed by atoms with Gasteiger partial charge in [-0.2, -0.15) is 0 Å². The molecule has 3 unspecified atom stereocenters. The summed E-state index contributed by atoms with van der Waals surface area (Å²) >= 11 is 6.86. The number of rotatable bonds is 12. The monoisotopic (exact) mass is 659 g/mol. The molecule has 2 saturated heterocycles. The molecule has 0 bridgehead atoms. The second-order valence-electron chi connectivity index (χ2n) is 12.7. The molecule has 5 heterocycles. The van der Waals surface area contributed by atoms with Crippen LogP contribution in [-0.4, -0.2) is 84.3 Å². The molecular weight excluding hydrogens is 618 g/mol. The summed E-state index contributed by atoms with van der Waals surface area (Å²) in [4.78, 5) is 47.0. The Bertz CT molecular complexity index is 1580. The van der Waals surface area contributed by atoms with Gasteiger partial charge in [-0.1, -0.05) is 48.0 Å². The first-order valence-electron chi connectivity index (χ1n) is 16.5. The van der Waals surface area contributed by atoms with Gasteiger partial charge in [-0.15, -0.1) is 0 Å². The van der Waals surface area contributed by atoms with Crippen molar-refractivity contribution >= 4 is 41.1 Å². The lowest BCUT2D eigenvalue weighted by molar-refractivity contribution is -0.130. The standard InChI is InChI=1S/C35H42ClN7O4/c36-33-23(6-2-8-28(33)29-12-10-24(34(46)42-29)17-37-21-27-11-13-32(45)41-27)5-1-4-22-14-15-43-30(16-22)39-19-25(35(43)47)18-38-20-26-7-3-9-31(44)40-26/h1-2,4,6,8,10,14-16,25-27,29,37-38H,3,5,7,9,11-13,17-21H2,(H,40,44)(H,41,45)(H,42,46)/b4-1+/t25?,26?,27-,29?/m0/s1. The highest BCUT2D eigenvalue weighted by atomic mass is 35.5. The lowest BCUT2D eigenvalue weighted by Crippen LogP contribution is -2.49. The van der Waals surface area contributed by atoms with Crippen LogP contribution in [0.15, 0.2) is 75.9 Å². The van der Waals surface area contributed by atoms with Crippen LogP contribution in [0, 0.1) is 5.92 Å². The molecule has 11 nitrogen and oxygen atoms in total. The van der Waals surface area contributed by atoms with Crippen LogP contribution < -0.4 is 21.3 Å². The number of piperidine rings is 1. The van der Waals surface area contributed by atoms with E-state index < -0.39 is 0 Å². The smallest absolute Gasteiger partial charge is 0.238 e. The van der Waals surface area contributed by atoms with E-state index in [4.69, 9.17) is 11.6 Å². The van der Waals surface area contributed by atoms with E-state index in [0.29, 0.717) is 69.3 Å². The van der Waals surface area contributed by atoms with E-state index in [9.17, 15) is 19.5 Å². The van der Waals surface area contributed by atoms with Gasteiger partial charge in [-0.3, -0.25) is 24.3 Å². The maximum absolute atomic E-state index is 13.1. The number of carbonyl (C=O) groups excluding carboxylic acids is 3. The first-order valence-corrected chi connectivity index (χ1v) is 16.9. The normalized spacial score (nSPS) is 26.0. The van der Waals surface area contributed by atoms with Crippen molar-refractivity contribution in [2.45, 2.75) is 63.1 Å². The number of fused-ring (bicyclic) bond motifs is 1. The highest BCUT2D eigenvalue weighted by Crippen LogP contribution is 2.34. The van der Waals surface area contributed by atoms with Crippen molar-refractivity contribution in [3.8, 4) is 0 Å². The third kappa shape index (κ3) is 8.27. The summed E-state index contributed by atoms with van der Waals surface area (Å²) in [6.45, 7) is 2.73. The maximum atomic E-state index is 13.1. The van der Waals surface area contributed by atoms with Gasteiger partial charge < -0.3 is 26.4 Å². The number of amidine groups is 1. The first kappa shape index (κ1) is 32.9. The number of nitrogens with zero attached hydrogens (tertiary/aromatic N) is 3. The van der Waals surface area contributed by atoms with Gasteiger partial charge in [0.1, 0.15) is 5.84 Å². The average molecular weight is 660 g/mol. The van der Waals surface area contributed by atoms with Gasteiger partial charge in [0, 0.05) is 67.9 Å². The zero-order valence-corrected chi connectivity index (χ0v) is 27.1. The Kier molecular flexibility index (Phi) is 10.6. The number of nitrogens with one attached hydrogen (secondary N) is 4. The Morgan fingerprint density at radius 3 is 2.64 bits per heavy atom. The van der Waals surface area contributed by atoms with Crippen LogP contribution >= 0.6 is 11.6 Å². The summed E-state index contributed by atoms with van der Waals surface area (Å²) in [6.07, 6.45) is 16.7. The Morgan fingerprint density at radius 1 is 1.04 bits per heavy atom. The van der Waals surface area contributed by atoms with Crippen molar-refractivity contribution in [3.63, 3.8) is 0 Å². The predicted octanol–water partition coefficient (Wildman–Crippen LogP) is 3.20. The highest BCUT2D eigenvalue weighted by Gasteiger charge is 2.31. The third-order valence-corrected chi connectivity index (χ3v) is 9.64. The van der Waals surface area contributed by atoms with Crippen molar-refractivity contribution < 1.29 is 19.5 Å². The van der Waals surface area contributed by atoms with Crippen LogP contribution in [0.4, 0.5) is 0 Å². The number of carbonyl (C=O) groups is 3. The number of hydrogen-bond donors (Lipinski definition) is 5. The average Bonchev–Trinajstić information content (AvgIpc) is 3.48. The number of amides is 3. The minimum Gasteiger partial charge on any atom is -0.493 e. The van der Waals surface area contributed by atoms with Gasteiger partial charge in [0.05, 0.1) is 18.5 Å².